The van der Waals surface area contributed by atoms with Gasteiger partial charge in [0.25, 0.3) is 0 Å². The second kappa shape index (κ2) is 4.53. The van der Waals surface area contributed by atoms with Crippen LogP contribution in [-0.4, -0.2) is 4.40 Å². The van der Waals surface area contributed by atoms with E-state index in [0.717, 1.165) is 5.52 Å². The van der Waals surface area contributed by atoms with Crippen molar-refractivity contribution >= 4 is 49.0 Å². The lowest BCUT2D eigenvalue weighted by atomic mass is 9.97. The lowest BCUT2D eigenvalue weighted by molar-refractivity contribution is -0.643. The Labute approximate surface area is 152 Å². The minimum atomic E-state index is 0.571. The molecule has 6 aromatic rings. The summed E-state index contributed by atoms with van der Waals surface area (Å²) < 4.78 is 13.3. The predicted molar refractivity (Wildman–Crippen MR) is 109 cm³/mol. The molecule has 0 spiro atoms. The van der Waals surface area contributed by atoms with Gasteiger partial charge in [-0.2, -0.15) is 0 Å². The number of nitrogens with zero attached hydrogens (tertiary/aromatic N) is 2. The Bertz CT molecular complexity index is 1550. The maximum absolute atomic E-state index is 8.74. The molecule has 0 bridgehead atoms. The van der Waals surface area contributed by atoms with Crippen molar-refractivity contribution in [2.75, 3.05) is 0 Å². The molecule has 3 heterocycles. The molecule has 0 saturated heterocycles. The summed E-state index contributed by atoms with van der Waals surface area (Å²) in [6.07, 6.45) is 2.14. The van der Waals surface area contributed by atoms with Gasteiger partial charge >= 0.3 is 0 Å². The maximum Gasteiger partial charge on any atom is 0.224 e. The van der Waals surface area contributed by atoms with E-state index in [2.05, 4.69) is 78.5 Å². The number of aromatic nitrogens is 2. The molecular weight excluding hydrogens is 316 g/mol. The van der Waals surface area contributed by atoms with Gasteiger partial charge in [-0.1, -0.05) is 30.3 Å². The van der Waals surface area contributed by atoms with Crippen molar-refractivity contribution in [3.8, 4) is 0 Å². The minimum absolute atomic E-state index is 0.571. The first kappa shape index (κ1) is 13.1. The first-order valence-electron chi connectivity index (χ1n) is 9.54. The van der Waals surface area contributed by atoms with Crippen LogP contribution in [-0.2, 0) is 7.05 Å². The van der Waals surface area contributed by atoms with Crippen LogP contribution < -0.4 is 4.57 Å². The van der Waals surface area contributed by atoms with Crippen molar-refractivity contribution in [2.24, 2.45) is 7.05 Å². The van der Waals surface area contributed by atoms with Crippen LogP contribution in [0.25, 0.3) is 49.0 Å². The molecule has 0 fully saturated rings. The van der Waals surface area contributed by atoms with Crippen molar-refractivity contribution in [3.63, 3.8) is 0 Å². The van der Waals surface area contributed by atoms with E-state index in [0.29, 0.717) is 6.04 Å². The van der Waals surface area contributed by atoms with E-state index in [9.17, 15) is 0 Å². The molecule has 0 aliphatic rings. The number of hydrogen-bond donors (Lipinski definition) is 0. The van der Waals surface area contributed by atoms with Gasteiger partial charge in [0.1, 0.15) is 7.05 Å². The van der Waals surface area contributed by atoms with Crippen LogP contribution in [0.15, 0.2) is 60.8 Å². The molecule has 26 heavy (non-hydrogen) atoms. The second-order valence-corrected chi connectivity index (χ2v) is 7.37. The van der Waals surface area contributed by atoms with E-state index >= 15 is 0 Å². The van der Waals surface area contributed by atoms with Gasteiger partial charge in [0.05, 0.1) is 28.7 Å². The topological polar surface area (TPSA) is 8.29 Å². The zero-order valence-electron chi connectivity index (χ0n) is 16.1. The summed E-state index contributed by atoms with van der Waals surface area (Å²) in [5, 5.41) is 6.19. The number of para-hydroxylation sites is 1. The summed E-state index contributed by atoms with van der Waals surface area (Å²) in [6.45, 7) is 4.43. The molecule has 0 amide bonds. The van der Waals surface area contributed by atoms with Gasteiger partial charge in [0.15, 0.2) is 6.20 Å². The molecule has 0 unspecified atom stereocenters. The smallest absolute Gasteiger partial charge is 0.224 e. The molecule has 2 nitrogen and oxygen atoms in total. The molecule has 2 heteroatoms. The number of pyridine rings is 2. The van der Waals surface area contributed by atoms with E-state index < -0.39 is 0 Å². The fourth-order valence-electron chi connectivity index (χ4n) is 4.69. The maximum atomic E-state index is 8.74. The van der Waals surface area contributed by atoms with Crippen molar-refractivity contribution in [1.29, 1.82) is 0 Å². The summed E-state index contributed by atoms with van der Waals surface area (Å²) in [5.74, 6) is 0. The SMILES string of the molecule is [2H]c1ccc2cc[n+](C)c3c4c(C)c(C)cc5c6ccccc6n(c1c23)c54. The number of rotatable bonds is 0. The number of benzene rings is 3. The Kier molecular flexibility index (Phi) is 2.29. The molecule has 3 aromatic carbocycles. The van der Waals surface area contributed by atoms with Crippen LogP contribution >= 0.6 is 0 Å². The van der Waals surface area contributed by atoms with E-state index in [1.54, 1.807) is 0 Å². The lowest BCUT2D eigenvalue weighted by Gasteiger charge is -2.13. The number of fused-ring (bicyclic) bond motifs is 5. The van der Waals surface area contributed by atoms with Crippen LogP contribution in [0.5, 0.6) is 0 Å². The van der Waals surface area contributed by atoms with Crippen molar-refractivity contribution in [2.45, 2.75) is 13.8 Å². The van der Waals surface area contributed by atoms with Gasteiger partial charge in [0, 0.05) is 16.8 Å². The Hall–Kier alpha value is -3.13. The molecule has 0 N–H and O–H groups in total. The second-order valence-electron chi connectivity index (χ2n) is 7.37. The molecule has 124 valence electrons. The van der Waals surface area contributed by atoms with Crippen LogP contribution in [0.4, 0.5) is 0 Å². The standard InChI is InChI=1S/C24H19N2/c1-14-13-18-17-8-4-5-9-19(17)26-20-10-6-7-16-11-12-25(3)24(22(16)20)21(15(14)2)23(18)26/h4-13H,1-3H3/q+1/i10D. The largest absolute Gasteiger partial charge is 0.307 e. The van der Waals surface area contributed by atoms with Gasteiger partial charge in [-0.25, -0.2) is 4.57 Å². The van der Waals surface area contributed by atoms with Crippen LogP contribution in [0.2, 0.25) is 0 Å². The van der Waals surface area contributed by atoms with Crippen molar-refractivity contribution in [1.82, 2.24) is 4.40 Å². The highest BCUT2D eigenvalue weighted by Gasteiger charge is 2.23. The molecule has 0 saturated carbocycles. The predicted octanol–water partition coefficient (Wildman–Crippen LogP) is 5.43. The van der Waals surface area contributed by atoms with E-state index in [1.165, 1.54) is 54.6 Å². The summed E-state index contributed by atoms with van der Waals surface area (Å²) in [4.78, 5) is 0. The van der Waals surface area contributed by atoms with Gasteiger partial charge in [-0.05, 0) is 48.5 Å². The molecule has 0 aliphatic heterocycles. The van der Waals surface area contributed by atoms with Crippen LogP contribution in [0, 0.1) is 13.8 Å². The lowest BCUT2D eigenvalue weighted by Crippen LogP contribution is -2.29. The average Bonchev–Trinajstić information content (AvgIpc) is 2.99. The number of hydrogen-bond acceptors (Lipinski definition) is 0. The van der Waals surface area contributed by atoms with Crippen LogP contribution in [0.1, 0.15) is 12.5 Å². The first-order valence-corrected chi connectivity index (χ1v) is 9.04. The minimum Gasteiger partial charge on any atom is -0.307 e. The molecule has 0 aliphatic carbocycles. The third kappa shape index (κ3) is 1.47. The summed E-state index contributed by atoms with van der Waals surface area (Å²) in [5.41, 5.74) is 7.25. The van der Waals surface area contributed by atoms with Gasteiger partial charge in [-0.15, -0.1) is 0 Å². The molecule has 6 rings (SSSR count). The van der Waals surface area contributed by atoms with Crippen molar-refractivity contribution < 1.29 is 5.94 Å². The quantitative estimate of drug-likeness (QED) is 0.199. The van der Waals surface area contributed by atoms with Gasteiger partial charge in [-0.3, -0.25) is 0 Å². The fourth-order valence-corrected chi connectivity index (χ4v) is 4.69. The van der Waals surface area contributed by atoms with Gasteiger partial charge in [0.2, 0.25) is 5.52 Å². The zero-order valence-corrected chi connectivity index (χ0v) is 15.1. The molecule has 3 aromatic heterocycles. The Balaban J connectivity index is 2.20. The highest BCUT2D eigenvalue weighted by atomic mass is 14.9. The van der Waals surface area contributed by atoms with Crippen LogP contribution in [0.3, 0.4) is 0 Å². The Morgan fingerprint density at radius 2 is 1.77 bits per heavy atom. The fraction of sp³-hybridized carbons (Fsp3) is 0.125. The Morgan fingerprint density at radius 1 is 0.923 bits per heavy atom. The van der Waals surface area contributed by atoms with Crippen molar-refractivity contribution in [3.05, 3.63) is 71.9 Å². The molecule has 0 radical (unpaired) electrons. The zero-order chi connectivity index (χ0) is 18.4. The number of aryl methyl sites for hydroxylation is 3. The van der Waals surface area contributed by atoms with Gasteiger partial charge < -0.3 is 4.40 Å². The van der Waals surface area contributed by atoms with E-state index in [-0.39, 0.29) is 0 Å². The third-order valence-corrected chi connectivity index (χ3v) is 6.01. The summed E-state index contributed by atoms with van der Waals surface area (Å²) in [6, 6.07) is 17.6. The molecular formula is C24H19N2+. The first-order chi connectivity index (χ1) is 13.1. The summed E-state index contributed by atoms with van der Waals surface area (Å²) >= 11 is 0. The highest BCUT2D eigenvalue weighted by molar-refractivity contribution is 6.25. The van der Waals surface area contributed by atoms with E-state index in [4.69, 9.17) is 1.37 Å². The highest BCUT2D eigenvalue weighted by Crippen LogP contribution is 2.41. The third-order valence-electron chi connectivity index (χ3n) is 6.01. The Morgan fingerprint density at radius 3 is 2.65 bits per heavy atom. The monoisotopic (exact) mass is 336 g/mol. The molecule has 0 atom stereocenters. The summed E-state index contributed by atoms with van der Waals surface area (Å²) in [7, 11) is 2.11. The average molecular weight is 336 g/mol. The van der Waals surface area contributed by atoms with E-state index in [1.807, 2.05) is 6.07 Å². The normalized spacial score (nSPS) is 13.0.